The van der Waals surface area contributed by atoms with E-state index in [0.29, 0.717) is 32.0 Å². The van der Waals surface area contributed by atoms with Crippen LogP contribution in [0, 0.1) is 0 Å². The maximum absolute atomic E-state index is 12.6. The number of nitrogens with one attached hydrogen (secondary N) is 2. The number of alkyl halides is 3. The van der Waals surface area contributed by atoms with E-state index in [4.69, 9.17) is 0 Å². The van der Waals surface area contributed by atoms with Crippen LogP contribution in [0.3, 0.4) is 0 Å². The number of carbonyl (C=O) groups excluding carboxylic acids is 1. The van der Waals surface area contributed by atoms with Crippen LogP contribution in [-0.2, 0) is 30.5 Å². The molecule has 0 fully saturated rings. The molecule has 0 aromatic carbocycles. The molecule has 3 rings (SSSR count). The molecule has 2 N–H and O–H groups in total. The lowest BCUT2D eigenvalue weighted by Crippen LogP contribution is -2.41. The van der Waals surface area contributed by atoms with Crippen molar-refractivity contribution in [1.82, 2.24) is 20.5 Å². The van der Waals surface area contributed by atoms with E-state index in [2.05, 4.69) is 32.1 Å². The van der Waals surface area contributed by atoms with E-state index in [9.17, 15) is 18.0 Å². The first kappa shape index (κ1) is 21.6. The number of rotatable bonds is 6. The number of guanidine groups is 1. The fraction of sp³-hybridized carbons (Fsp3) is 0.500. The number of carbonyl (C=O) groups is 1. The van der Waals surface area contributed by atoms with Crippen molar-refractivity contribution in [3.8, 4) is 0 Å². The van der Waals surface area contributed by atoms with E-state index in [-0.39, 0.29) is 17.5 Å². The van der Waals surface area contributed by atoms with Gasteiger partial charge in [-0.2, -0.15) is 13.2 Å². The van der Waals surface area contributed by atoms with Crippen LogP contribution in [0.2, 0.25) is 0 Å². The van der Waals surface area contributed by atoms with Gasteiger partial charge in [-0.05, 0) is 30.4 Å². The molecule has 2 aromatic heterocycles. The Bertz CT molecular complexity index is 862. The summed E-state index contributed by atoms with van der Waals surface area (Å²) in [5, 5.41) is 9.41. The van der Waals surface area contributed by atoms with Gasteiger partial charge in [0, 0.05) is 42.9 Å². The second-order valence-corrected chi connectivity index (χ2v) is 8.37. The minimum absolute atomic E-state index is 0.0388. The van der Waals surface area contributed by atoms with Gasteiger partial charge < -0.3 is 15.5 Å². The topological polar surface area (TPSA) is 69.6 Å². The Kier molecular flexibility index (Phi) is 7.12. The van der Waals surface area contributed by atoms with Gasteiger partial charge in [0.05, 0.1) is 6.54 Å². The van der Waals surface area contributed by atoms with Crippen molar-refractivity contribution in [3.63, 3.8) is 0 Å². The van der Waals surface area contributed by atoms with Gasteiger partial charge in [0.25, 0.3) is 0 Å². The first-order valence-corrected chi connectivity index (χ1v) is 11.0. The molecule has 11 heteroatoms. The second kappa shape index (κ2) is 9.57. The van der Waals surface area contributed by atoms with E-state index >= 15 is 0 Å². The van der Waals surface area contributed by atoms with Crippen molar-refractivity contribution in [2.24, 2.45) is 4.99 Å². The summed E-state index contributed by atoms with van der Waals surface area (Å²) in [5.41, 5.74) is 0.325. The van der Waals surface area contributed by atoms with E-state index in [0.717, 1.165) is 29.7 Å². The van der Waals surface area contributed by atoms with E-state index in [1.54, 1.807) is 11.3 Å². The Hall–Kier alpha value is -2.14. The molecule has 1 aliphatic rings. The number of amides is 1. The van der Waals surface area contributed by atoms with Gasteiger partial charge in [-0.3, -0.25) is 4.79 Å². The van der Waals surface area contributed by atoms with Gasteiger partial charge in [-0.15, -0.1) is 22.7 Å². The standard InChI is InChI=1S/C18H22F3N5OS2/c1-2-22-17(24-9-15-25-14(11-29-15)18(19,20)21)23-6-3-16(27)26-7-4-13-12(10-26)5-8-28-13/h5,8,11H,2-4,6-7,9-10H2,1H3,(H2,22,23,24). The van der Waals surface area contributed by atoms with Gasteiger partial charge in [-0.1, -0.05) is 0 Å². The third-order valence-electron chi connectivity index (χ3n) is 4.35. The molecule has 1 aliphatic heterocycles. The number of thiazole rings is 1. The molecule has 0 saturated heterocycles. The summed E-state index contributed by atoms with van der Waals surface area (Å²) >= 11 is 2.66. The average molecular weight is 446 g/mol. The smallest absolute Gasteiger partial charge is 0.357 e. The molecule has 3 heterocycles. The SMILES string of the molecule is CCNC(=NCc1nc(C(F)(F)F)cs1)NCCC(=O)N1CCc2sccc2C1. The second-order valence-electron chi connectivity index (χ2n) is 6.43. The van der Waals surface area contributed by atoms with Crippen LogP contribution < -0.4 is 10.6 Å². The molecule has 0 spiro atoms. The van der Waals surface area contributed by atoms with Crippen molar-refractivity contribution >= 4 is 34.5 Å². The largest absolute Gasteiger partial charge is 0.434 e. The maximum Gasteiger partial charge on any atom is 0.434 e. The summed E-state index contributed by atoms with van der Waals surface area (Å²) in [6, 6.07) is 2.07. The van der Waals surface area contributed by atoms with Crippen molar-refractivity contribution in [1.29, 1.82) is 0 Å². The van der Waals surface area contributed by atoms with Crippen molar-refractivity contribution < 1.29 is 18.0 Å². The van der Waals surface area contributed by atoms with Gasteiger partial charge in [0.15, 0.2) is 11.7 Å². The molecule has 158 valence electrons. The number of hydrogen-bond donors (Lipinski definition) is 2. The number of fused-ring (bicyclic) bond motifs is 1. The van der Waals surface area contributed by atoms with Crippen molar-refractivity contribution in [2.75, 3.05) is 19.6 Å². The lowest BCUT2D eigenvalue weighted by Gasteiger charge is -2.27. The first-order valence-electron chi connectivity index (χ1n) is 9.23. The van der Waals surface area contributed by atoms with Crippen LogP contribution >= 0.6 is 22.7 Å². The third kappa shape index (κ3) is 5.92. The Morgan fingerprint density at radius 1 is 1.34 bits per heavy atom. The van der Waals surface area contributed by atoms with Crippen LogP contribution in [0.15, 0.2) is 21.8 Å². The van der Waals surface area contributed by atoms with E-state index in [1.807, 2.05) is 11.8 Å². The molecule has 1 amide bonds. The van der Waals surface area contributed by atoms with Crippen molar-refractivity contribution in [2.45, 2.75) is 39.0 Å². The quantitative estimate of drug-likeness (QED) is 0.529. The van der Waals surface area contributed by atoms with Crippen LogP contribution in [0.1, 0.15) is 34.5 Å². The zero-order chi connectivity index (χ0) is 20.9. The Morgan fingerprint density at radius 3 is 2.90 bits per heavy atom. The molecule has 0 unspecified atom stereocenters. The minimum atomic E-state index is -4.44. The Labute approximate surface area is 174 Å². The Morgan fingerprint density at radius 2 is 2.17 bits per heavy atom. The molecule has 0 saturated carbocycles. The lowest BCUT2D eigenvalue weighted by atomic mass is 10.1. The highest BCUT2D eigenvalue weighted by atomic mass is 32.1. The predicted molar refractivity (Wildman–Crippen MR) is 108 cm³/mol. The zero-order valence-electron chi connectivity index (χ0n) is 15.9. The fourth-order valence-corrected chi connectivity index (χ4v) is 4.52. The van der Waals surface area contributed by atoms with Crippen LogP contribution in [-0.4, -0.2) is 41.4 Å². The molecular weight excluding hydrogens is 423 g/mol. The number of halogens is 3. The van der Waals surface area contributed by atoms with E-state index in [1.165, 1.54) is 10.4 Å². The highest BCUT2D eigenvalue weighted by Crippen LogP contribution is 2.30. The monoisotopic (exact) mass is 445 g/mol. The highest BCUT2D eigenvalue weighted by molar-refractivity contribution is 7.10. The lowest BCUT2D eigenvalue weighted by molar-refractivity contribution is -0.140. The number of aromatic nitrogens is 1. The summed E-state index contributed by atoms with van der Waals surface area (Å²) in [5.74, 6) is 0.516. The molecule has 6 nitrogen and oxygen atoms in total. The zero-order valence-corrected chi connectivity index (χ0v) is 17.5. The number of aliphatic imine (C=N–C) groups is 1. The molecule has 2 aromatic rings. The molecule has 0 atom stereocenters. The van der Waals surface area contributed by atoms with Crippen molar-refractivity contribution in [3.05, 3.63) is 38.0 Å². The van der Waals surface area contributed by atoms with Crippen LogP contribution in [0.25, 0.3) is 0 Å². The number of thiophene rings is 1. The molecule has 0 aliphatic carbocycles. The summed E-state index contributed by atoms with van der Waals surface area (Å²) in [4.78, 5) is 23.5. The highest BCUT2D eigenvalue weighted by Gasteiger charge is 2.33. The normalized spacial score (nSPS) is 14.6. The summed E-state index contributed by atoms with van der Waals surface area (Å²) in [7, 11) is 0. The number of hydrogen-bond acceptors (Lipinski definition) is 5. The molecular formula is C18H22F3N5OS2. The van der Waals surface area contributed by atoms with Crippen LogP contribution in [0.5, 0.6) is 0 Å². The van der Waals surface area contributed by atoms with Gasteiger partial charge in [0.2, 0.25) is 5.91 Å². The summed E-state index contributed by atoms with van der Waals surface area (Å²) < 4.78 is 37.9. The molecule has 0 bridgehead atoms. The number of nitrogens with zero attached hydrogens (tertiary/aromatic N) is 3. The summed E-state index contributed by atoms with van der Waals surface area (Å²) in [6.07, 6.45) is -3.23. The molecule has 29 heavy (non-hydrogen) atoms. The predicted octanol–water partition coefficient (Wildman–Crippen LogP) is 3.25. The minimum Gasteiger partial charge on any atom is -0.357 e. The average Bonchev–Trinajstić information content (AvgIpc) is 3.34. The summed E-state index contributed by atoms with van der Waals surface area (Å²) in [6.45, 7) is 4.29. The fourth-order valence-electron chi connectivity index (χ4n) is 2.91. The van der Waals surface area contributed by atoms with Crippen LogP contribution in [0.4, 0.5) is 13.2 Å². The van der Waals surface area contributed by atoms with Gasteiger partial charge in [-0.25, -0.2) is 9.98 Å². The van der Waals surface area contributed by atoms with Gasteiger partial charge in [0.1, 0.15) is 5.01 Å². The van der Waals surface area contributed by atoms with E-state index < -0.39 is 11.9 Å². The maximum atomic E-state index is 12.6. The first-order chi connectivity index (χ1) is 13.9. The van der Waals surface area contributed by atoms with Gasteiger partial charge >= 0.3 is 6.18 Å². The third-order valence-corrected chi connectivity index (χ3v) is 6.21. The molecule has 0 radical (unpaired) electrons. The Balaban J connectivity index is 1.48.